The van der Waals surface area contributed by atoms with Gasteiger partial charge in [-0.05, 0) is 43.5 Å². The second kappa shape index (κ2) is 8.58. The smallest absolute Gasteiger partial charge is 0.514 e. The largest absolute Gasteiger partial charge is 0.546 e. The third kappa shape index (κ3) is 5.76. The van der Waals surface area contributed by atoms with Gasteiger partial charge in [0.1, 0.15) is 12.4 Å². The zero-order valence-electron chi connectivity index (χ0n) is 16.5. The molecule has 0 amide bonds. The van der Waals surface area contributed by atoms with Gasteiger partial charge in [0, 0.05) is 5.56 Å². The lowest BCUT2D eigenvalue weighted by Gasteiger charge is -2.35. The summed E-state index contributed by atoms with van der Waals surface area (Å²) in [7, 11) is -2.01. The lowest BCUT2D eigenvalue weighted by atomic mass is 10.1. The van der Waals surface area contributed by atoms with E-state index in [4.69, 9.17) is 13.9 Å². The fraction of sp³-hybridized carbons (Fsp3) is 0.476. The van der Waals surface area contributed by atoms with Crippen molar-refractivity contribution in [3.63, 3.8) is 0 Å². The number of benzene rings is 1. The van der Waals surface area contributed by atoms with Crippen molar-refractivity contribution in [2.75, 3.05) is 0 Å². The molecule has 1 aromatic rings. The van der Waals surface area contributed by atoms with Crippen molar-refractivity contribution in [1.82, 2.24) is 0 Å². The van der Waals surface area contributed by atoms with Gasteiger partial charge in [0.2, 0.25) is 8.32 Å². The second-order valence-electron chi connectivity index (χ2n) is 8.09. The monoisotopic (exact) mass is 374 g/mol. The van der Waals surface area contributed by atoms with Crippen LogP contribution < -0.4 is 0 Å². The van der Waals surface area contributed by atoms with E-state index in [0.717, 1.165) is 24.8 Å². The molecule has 0 spiro atoms. The van der Waals surface area contributed by atoms with Crippen LogP contribution in [0.15, 0.2) is 48.7 Å². The average molecular weight is 375 g/mol. The third-order valence-corrected chi connectivity index (χ3v) is 9.30. The minimum absolute atomic E-state index is 0.0543. The van der Waals surface area contributed by atoms with E-state index in [1.165, 1.54) is 0 Å². The highest BCUT2D eigenvalue weighted by Crippen LogP contribution is 2.37. The average Bonchev–Trinajstić information content (AvgIpc) is 2.59. The van der Waals surface area contributed by atoms with Gasteiger partial charge in [-0.15, -0.1) is 0 Å². The molecule has 1 aromatic carbocycles. The van der Waals surface area contributed by atoms with Gasteiger partial charge in [-0.1, -0.05) is 57.2 Å². The molecule has 0 aromatic heterocycles. The molecule has 0 N–H and O–H groups in total. The predicted octanol–water partition coefficient (Wildman–Crippen LogP) is 6.27. The van der Waals surface area contributed by atoms with Gasteiger partial charge in [-0.2, -0.15) is 0 Å². The van der Waals surface area contributed by atoms with Gasteiger partial charge in [0.05, 0.1) is 0 Å². The van der Waals surface area contributed by atoms with Gasteiger partial charge in [0.25, 0.3) is 0 Å². The third-order valence-electron chi connectivity index (χ3n) is 4.98. The van der Waals surface area contributed by atoms with Crippen LogP contribution in [0.2, 0.25) is 18.1 Å². The van der Waals surface area contributed by atoms with Crippen LogP contribution in [0.3, 0.4) is 0 Å². The number of hydrogen-bond donors (Lipinski definition) is 0. The second-order valence-corrected chi connectivity index (χ2v) is 12.9. The first-order valence-electron chi connectivity index (χ1n) is 9.17. The quantitative estimate of drug-likeness (QED) is 0.264. The molecule has 0 saturated carbocycles. The number of carbonyl (C=O) groups is 1. The Labute approximate surface area is 158 Å². The Bertz CT molecular complexity index is 656. The minimum atomic E-state index is -2.01. The number of carbonyl (C=O) groups excluding carboxylic acids is 1. The van der Waals surface area contributed by atoms with Crippen LogP contribution in [0.25, 0.3) is 5.76 Å². The molecule has 1 atom stereocenters. The predicted molar refractivity (Wildman–Crippen MR) is 107 cm³/mol. The van der Waals surface area contributed by atoms with Gasteiger partial charge >= 0.3 is 6.16 Å². The Morgan fingerprint density at radius 3 is 2.46 bits per heavy atom. The summed E-state index contributed by atoms with van der Waals surface area (Å²) < 4.78 is 17.1. The lowest BCUT2D eigenvalue weighted by molar-refractivity contribution is 0.0627. The Kier molecular flexibility index (Phi) is 6.70. The van der Waals surface area contributed by atoms with Crippen molar-refractivity contribution >= 4 is 20.2 Å². The summed E-state index contributed by atoms with van der Waals surface area (Å²) in [6.45, 7) is 10.8. The van der Waals surface area contributed by atoms with Crippen LogP contribution in [0.5, 0.6) is 0 Å². The molecule has 0 bridgehead atoms. The van der Waals surface area contributed by atoms with Crippen molar-refractivity contribution in [3.8, 4) is 0 Å². The Morgan fingerprint density at radius 2 is 1.88 bits per heavy atom. The normalized spacial score (nSPS) is 18.3. The molecule has 0 saturated heterocycles. The summed E-state index contributed by atoms with van der Waals surface area (Å²) in [6, 6.07) is 9.48. The minimum Gasteiger partial charge on any atom is -0.546 e. The number of hydrogen-bond acceptors (Lipinski definition) is 4. The topological polar surface area (TPSA) is 44.8 Å². The van der Waals surface area contributed by atoms with E-state index >= 15 is 0 Å². The highest BCUT2D eigenvalue weighted by Gasteiger charge is 2.38. The van der Waals surface area contributed by atoms with Crippen molar-refractivity contribution in [3.05, 3.63) is 54.3 Å². The van der Waals surface area contributed by atoms with Gasteiger partial charge in [0.15, 0.2) is 5.76 Å². The highest BCUT2D eigenvalue weighted by atomic mass is 28.4. The maximum absolute atomic E-state index is 12.3. The SMILES string of the molecule is CC(C)(C)[Si](C)(C)O/C=C(/OC(=O)OC1C=CCCC1)c1ccccc1. The summed E-state index contributed by atoms with van der Waals surface area (Å²) in [5.74, 6) is 0.375. The molecule has 142 valence electrons. The molecule has 1 aliphatic rings. The van der Waals surface area contributed by atoms with Crippen LogP contribution in [0.1, 0.15) is 45.6 Å². The molecule has 2 rings (SSSR count). The Hall–Kier alpha value is -2.01. The maximum Gasteiger partial charge on any atom is 0.514 e. The fourth-order valence-corrected chi connectivity index (χ4v) is 3.00. The first-order chi connectivity index (χ1) is 12.2. The Balaban J connectivity index is 2.14. The van der Waals surface area contributed by atoms with E-state index < -0.39 is 14.5 Å². The maximum atomic E-state index is 12.3. The molecule has 4 nitrogen and oxygen atoms in total. The van der Waals surface area contributed by atoms with E-state index in [2.05, 4.69) is 33.9 Å². The van der Waals surface area contributed by atoms with Crippen molar-refractivity contribution in [2.24, 2.45) is 0 Å². The summed E-state index contributed by atoms with van der Waals surface area (Å²) in [5, 5.41) is 0.0543. The van der Waals surface area contributed by atoms with E-state index in [1.54, 1.807) is 6.26 Å². The van der Waals surface area contributed by atoms with E-state index in [-0.39, 0.29) is 11.1 Å². The molecule has 1 unspecified atom stereocenters. The van der Waals surface area contributed by atoms with Gasteiger partial charge in [-0.3, -0.25) is 0 Å². The van der Waals surface area contributed by atoms with E-state index in [9.17, 15) is 4.79 Å². The van der Waals surface area contributed by atoms with Crippen molar-refractivity contribution < 1.29 is 18.7 Å². The molecule has 0 radical (unpaired) electrons. The number of allylic oxidation sites excluding steroid dienone is 1. The fourth-order valence-electron chi connectivity index (χ4n) is 2.25. The summed E-state index contributed by atoms with van der Waals surface area (Å²) in [5.41, 5.74) is 0.780. The molecule has 0 heterocycles. The lowest BCUT2D eigenvalue weighted by Crippen LogP contribution is -2.39. The van der Waals surface area contributed by atoms with Crippen molar-refractivity contribution in [2.45, 2.75) is 64.3 Å². The highest BCUT2D eigenvalue weighted by molar-refractivity contribution is 6.74. The van der Waals surface area contributed by atoms with E-state index in [1.807, 2.05) is 42.5 Å². The van der Waals surface area contributed by atoms with Crippen molar-refractivity contribution in [1.29, 1.82) is 0 Å². The molecule has 26 heavy (non-hydrogen) atoms. The molecule has 1 aliphatic carbocycles. The standard InChI is InChI=1S/C21H30O4Si/c1-21(2,3)26(4,5)23-16-19(17-12-8-6-9-13-17)25-20(22)24-18-14-10-7-11-15-18/h6,8-10,12-14,16,18H,7,11,15H2,1-5H3/b19-16+. The molecule has 0 aliphatic heterocycles. The van der Waals surface area contributed by atoms with E-state index in [0.29, 0.717) is 5.76 Å². The zero-order valence-corrected chi connectivity index (χ0v) is 17.5. The van der Waals surface area contributed by atoms with Gasteiger partial charge in [-0.25, -0.2) is 4.79 Å². The molecule has 5 heteroatoms. The van der Waals surface area contributed by atoms with Gasteiger partial charge < -0.3 is 13.9 Å². The summed E-state index contributed by atoms with van der Waals surface area (Å²) >= 11 is 0. The van der Waals surface area contributed by atoms with Crippen LogP contribution in [-0.2, 0) is 13.9 Å². The van der Waals surface area contributed by atoms with Crippen LogP contribution in [-0.4, -0.2) is 20.6 Å². The summed E-state index contributed by atoms with van der Waals surface area (Å²) in [4.78, 5) is 12.3. The van der Waals surface area contributed by atoms with Crippen LogP contribution in [0.4, 0.5) is 4.79 Å². The summed E-state index contributed by atoms with van der Waals surface area (Å²) in [6.07, 6.45) is 7.50. The number of ether oxygens (including phenoxy) is 2. The molecular formula is C21H30O4Si. The molecular weight excluding hydrogens is 344 g/mol. The number of rotatable bonds is 5. The van der Waals surface area contributed by atoms with Crippen LogP contribution in [0, 0.1) is 0 Å². The molecule has 0 fully saturated rings. The first-order valence-corrected chi connectivity index (χ1v) is 12.1. The Morgan fingerprint density at radius 1 is 1.19 bits per heavy atom. The zero-order chi connectivity index (χ0) is 19.2. The van der Waals surface area contributed by atoms with Crippen LogP contribution >= 0.6 is 0 Å². The first kappa shape index (κ1) is 20.3.